The molecule has 0 aliphatic rings. The molecule has 3 rings (SSSR count). The van der Waals surface area contributed by atoms with Gasteiger partial charge in [-0.15, -0.1) is 0 Å². The largest absolute Gasteiger partial charge is 0.417 e. The maximum atomic E-state index is 13.3. The molecule has 0 bridgehead atoms. The maximum absolute atomic E-state index is 13.3. The van der Waals surface area contributed by atoms with Gasteiger partial charge in [0.15, 0.2) is 0 Å². The average Bonchev–Trinajstić information content (AvgIpc) is 3.10. The fraction of sp³-hybridized carbons (Fsp3) is 0.150. The van der Waals surface area contributed by atoms with Crippen LogP contribution in [0.25, 0.3) is 16.8 Å². The molecule has 1 heterocycles. The van der Waals surface area contributed by atoms with E-state index in [-0.39, 0.29) is 23.3 Å². The standard InChI is InChI=1S/C20H15F3N2O2/c1-26-27-13-14-6-8-16(9-7-14)25-11-15(10-24)18(12-25)17-4-2-3-5-19(17)20(21,22)23/h2-9,11-12H,13H2,1H3. The Morgan fingerprint density at radius 1 is 1.00 bits per heavy atom. The number of halogens is 3. The lowest BCUT2D eigenvalue weighted by Gasteiger charge is -2.12. The Labute approximate surface area is 153 Å². The number of alkyl halides is 3. The molecule has 3 aromatic rings. The van der Waals surface area contributed by atoms with Gasteiger partial charge in [-0.2, -0.15) is 18.4 Å². The summed E-state index contributed by atoms with van der Waals surface area (Å²) in [6.07, 6.45) is -1.46. The van der Waals surface area contributed by atoms with E-state index in [0.29, 0.717) is 5.69 Å². The molecule has 0 saturated heterocycles. The molecule has 0 N–H and O–H groups in total. The van der Waals surface area contributed by atoms with Gasteiger partial charge >= 0.3 is 6.18 Å². The second kappa shape index (κ2) is 7.66. The van der Waals surface area contributed by atoms with Crippen LogP contribution in [0.1, 0.15) is 16.7 Å². The first-order valence-corrected chi connectivity index (χ1v) is 7.97. The summed E-state index contributed by atoms with van der Waals surface area (Å²) in [5.41, 5.74) is 1.19. The Bertz CT molecular complexity index is 970. The molecule has 2 aromatic carbocycles. The lowest BCUT2D eigenvalue weighted by atomic mass is 9.99. The summed E-state index contributed by atoms with van der Waals surface area (Å²) in [6.45, 7) is 0.274. The Balaban J connectivity index is 2.02. The van der Waals surface area contributed by atoms with Crippen molar-refractivity contribution in [2.24, 2.45) is 0 Å². The van der Waals surface area contributed by atoms with Crippen molar-refractivity contribution in [1.29, 1.82) is 5.26 Å². The van der Waals surface area contributed by atoms with Crippen molar-refractivity contribution >= 4 is 0 Å². The Morgan fingerprint density at radius 2 is 1.70 bits per heavy atom. The Hall–Kier alpha value is -3.08. The zero-order valence-corrected chi connectivity index (χ0v) is 14.3. The average molecular weight is 372 g/mol. The van der Waals surface area contributed by atoms with E-state index in [2.05, 4.69) is 4.89 Å². The third-order valence-corrected chi connectivity index (χ3v) is 4.05. The SMILES string of the molecule is COOCc1ccc(-n2cc(C#N)c(-c3ccccc3C(F)(F)F)c2)cc1. The van der Waals surface area contributed by atoms with Crippen LogP contribution in [0.4, 0.5) is 13.2 Å². The summed E-state index contributed by atoms with van der Waals surface area (Å²) in [7, 11) is 1.41. The first-order chi connectivity index (χ1) is 12.9. The summed E-state index contributed by atoms with van der Waals surface area (Å²) in [5, 5.41) is 9.40. The molecule has 0 fully saturated rings. The minimum atomic E-state index is -4.51. The minimum absolute atomic E-state index is 0.0228. The van der Waals surface area contributed by atoms with Gasteiger partial charge in [-0.1, -0.05) is 30.3 Å². The number of aromatic nitrogens is 1. The normalized spacial score (nSPS) is 11.4. The molecule has 0 radical (unpaired) electrons. The van der Waals surface area contributed by atoms with Crippen molar-refractivity contribution in [3.8, 4) is 22.9 Å². The molecule has 0 unspecified atom stereocenters. The van der Waals surface area contributed by atoms with Crippen molar-refractivity contribution in [2.75, 3.05) is 7.11 Å². The van der Waals surface area contributed by atoms with Gasteiger partial charge in [0.1, 0.15) is 12.7 Å². The fourth-order valence-electron chi connectivity index (χ4n) is 2.76. The molecule has 0 atom stereocenters. The number of hydrogen-bond donors (Lipinski definition) is 0. The maximum Gasteiger partial charge on any atom is 0.417 e. The minimum Gasteiger partial charge on any atom is -0.322 e. The third kappa shape index (κ3) is 4.03. The van der Waals surface area contributed by atoms with Crippen LogP contribution in [0.15, 0.2) is 60.9 Å². The van der Waals surface area contributed by atoms with Crippen LogP contribution in [0.5, 0.6) is 0 Å². The van der Waals surface area contributed by atoms with Gasteiger partial charge in [0.2, 0.25) is 0 Å². The summed E-state index contributed by atoms with van der Waals surface area (Å²) < 4.78 is 41.6. The molecule has 0 aliphatic heterocycles. The number of hydrogen-bond acceptors (Lipinski definition) is 3. The van der Waals surface area contributed by atoms with Crippen LogP contribution >= 0.6 is 0 Å². The molecule has 0 saturated carbocycles. The second-order valence-electron chi connectivity index (χ2n) is 5.74. The monoisotopic (exact) mass is 372 g/mol. The van der Waals surface area contributed by atoms with Gasteiger partial charge in [0.25, 0.3) is 0 Å². The number of rotatable bonds is 5. The topological polar surface area (TPSA) is 47.2 Å². The summed E-state index contributed by atoms with van der Waals surface area (Å²) in [5.74, 6) is 0. The highest BCUT2D eigenvalue weighted by molar-refractivity contribution is 5.74. The van der Waals surface area contributed by atoms with Gasteiger partial charge in [0.05, 0.1) is 18.2 Å². The van der Waals surface area contributed by atoms with E-state index in [9.17, 15) is 18.4 Å². The van der Waals surface area contributed by atoms with Crippen LogP contribution < -0.4 is 0 Å². The number of benzene rings is 2. The smallest absolute Gasteiger partial charge is 0.322 e. The first-order valence-electron chi connectivity index (χ1n) is 7.97. The van der Waals surface area contributed by atoms with Crippen LogP contribution in [0, 0.1) is 11.3 Å². The molecule has 7 heteroatoms. The molecule has 138 valence electrons. The van der Waals surface area contributed by atoms with Crippen molar-refractivity contribution in [1.82, 2.24) is 4.57 Å². The molecule has 0 aliphatic carbocycles. The van der Waals surface area contributed by atoms with Gasteiger partial charge in [0, 0.05) is 23.6 Å². The van der Waals surface area contributed by atoms with Crippen molar-refractivity contribution in [3.05, 3.63) is 77.6 Å². The van der Waals surface area contributed by atoms with Crippen LogP contribution in [-0.4, -0.2) is 11.7 Å². The van der Waals surface area contributed by atoms with Gasteiger partial charge in [-0.25, -0.2) is 9.78 Å². The van der Waals surface area contributed by atoms with E-state index < -0.39 is 11.7 Å². The third-order valence-electron chi connectivity index (χ3n) is 4.05. The van der Waals surface area contributed by atoms with E-state index in [4.69, 9.17) is 4.89 Å². The van der Waals surface area contributed by atoms with Gasteiger partial charge in [-0.05, 0) is 29.3 Å². The lowest BCUT2D eigenvalue weighted by Crippen LogP contribution is -2.06. The van der Waals surface area contributed by atoms with Crippen LogP contribution in [-0.2, 0) is 22.6 Å². The highest BCUT2D eigenvalue weighted by atomic mass is 19.4. The Morgan fingerprint density at radius 3 is 2.33 bits per heavy atom. The zero-order valence-electron chi connectivity index (χ0n) is 14.3. The highest BCUT2D eigenvalue weighted by Gasteiger charge is 2.34. The molecule has 4 nitrogen and oxygen atoms in total. The first kappa shape index (κ1) is 18.7. The molecular weight excluding hydrogens is 357 g/mol. The lowest BCUT2D eigenvalue weighted by molar-refractivity contribution is -0.282. The van der Waals surface area contributed by atoms with E-state index in [1.54, 1.807) is 16.7 Å². The Kier molecular flexibility index (Phi) is 5.31. The molecule has 0 amide bonds. The summed E-state index contributed by atoms with van der Waals surface area (Å²) in [6, 6.07) is 14.4. The molecule has 27 heavy (non-hydrogen) atoms. The van der Waals surface area contributed by atoms with Crippen molar-refractivity contribution < 1.29 is 22.9 Å². The predicted molar refractivity (Wildman–Crippen MR) is 92.7 cm³/mol. The number of nitrogens with zero attached hydrogens (tertiary/aromatic N) is 2. The quantitative estimate of drug-likeness (QED) is 0.462. The van der Waals surface area contributed by atoms with Gasteiger partial charge in [-0.3, -0.25) is 0 Å². The van der Waals surface area contributed by atoms with Gasteiger partial charge < -0.3 is 4.57 Å². The van der Waals surface area contributed by atoms with E-state index >= 15 is 0 Å². The predicted octanol–water partition coefficient (Wildman–Crippen LogP) is 5.11. The van der Waals surface area contributed by atoms with Crippen LogP contribution in [0.2, 0.25) is 0 Å². The van der Waals surface area contributed by atoms with E-state index in [0.717, 1.165) is 11.6 Å². The van der Waals surface area contributed by atoms with E-state index in [1.807, 2.05) is 18.2 Å². The fourth-order valence-corrected chi connectivity index (χ4v) is 2.76. The van der Waals surface area contributed by atoms with Crippen LogP contribution in [0.3, 0.4) is 0 Å². The molecular formula is C20H15F3N2O2. The second-order valence-corrected chi connectivity index (χ2v) is 5.74. The molecule has 0 spiro atoms. The summed E-state index contributed by atoms with van der Waals surface area (Å²) in [4.78, 5) is 9.40. The highest BCUT2D eigenvalue weighted by Crippen LogP contribution is 2.38. The van der Waals surface area contributed by atoms with Crippen molar-refractivity contribution in [3.63, 3.8) is 0 Å². The van der Waals surface area contributed by atoms with E-state index in [1.165, 1.54) is 37.7 Å². The summed E-state index contributed by atoms with van der Waals surface area (Å²) >= 11 is 0. The number of nitriles is 1. The molecule has 1 aromatic heterocycles. The van der Waals surface area contributed by atoms with Crippen molar-refractivity contribution in [2.45, 2.75) is 12.8 Å². The zero-order chi connectivity index (χ0) is 19.4.